The average molecular weight is 326 g/mol. The molecule has 2 nitrogen and oxygen atoms in total. The van der Waals surface area contributed by atoms with Crippen LogP contribution in [-0.4, -0.2) is 5.11 Å². The molecule has 0 aliphatic carbocycles. The van der Waals surface area contributed by atoms with Crippen molar-refractivity contribution in [3.63, 3.8) is 0 Å². The van der Waals surface area contributed by atoms with E-state index in [1.807, 2.05) is 0 Å². The van der Waals surface area contributed by atoms with Gasteiger partial charge in [0, 0.05) is 0 Å². The normalized spacial score (nSPS) is 13.6. The van der Waals surface area contributed by atoms with E-state index in [2.05, 4.69) is 45.7 Å². The highest BCUT2D eigenvalue weighted by Gasteiger charge is 2.14. The number of hydrogen-bond acceptors (Lipinski definition) is 2. The molecule has 1 aromatic heterocycles. The second-order valence-electron chi connectivity index (χ2n) is 3.76. The first-order valence-corrected chi connectivity index (χ1v) is 6.22. The molecule has 0 saturated carbocycles. The van der Waals surface area contributed by atoms with Crippen molar-refractivity contribution >= 4 is 31.9 Å². The zero-order valence-corrected chi connectivity index (χ0v) is 11.4. The minimum atomic E-state index is -0.500. The molecule has 1 N–H and O–H groups in total. The Morgan fingerprint density at radius 2 is 2.00 bits per heavy atom. The SMILES string of the molecule is CC(C)CCC(O)c1cc(Br)c(Br)o1. The Balaban J connectivity index is 2.56. The number of hydrogen-bond donors (Lipinski definition) is 1. The molecule has 0 aliphatic rings. The van der Waals surface area contributed by atoms with Crippen molar-refractivity contribution in [3.05, 3.63) is 21.0 Å². The van der Waals surface area contributed by atoms with Gasteiger partial charge >= 0.3 is 0 Å². The second-order valence-corrected chi connectivity index (χ2v) is 5.33. The molecule has 14 heavy (non-hydrogen) atoms. The first kappa shape index (κ1) is 12.3. The van der Waals surface area contributed by atoms with Gasteiger partial charge in [0.2, 0.25) is 0 Å². The third kappa shape index (κ3) is 3.41. The third-order valence-electron chi connectivity index (χ3n) is 2.01. The van der Waals surface area contributed by atoms with Crippen LogP contribution in [0.5, 0.6) is 0 Å². The number of rotatable bonds is 4. The molecule has 0 bridgehead atoms. The maximum absolute atomic E-state index is 9.77. The summed E-state index contributed by atoms with van der Waals surface area (Å²) in [5.41, 5.74) is 0. The van der Waals surface area contributed by atoms with E-state index >= 15 is 0 Å². The monoisotopic (exact) mass is 324 g/mol. The van der Waals surface area contributed by atoms with Crippen LogP contribution in [0.2, 0.25) is 0 Å². The van der Waals surface area contributed by atoms with Gasteiger partial charge in [-0.3, -0.25) is 0 Å². The molecular weight excluding hydrogens is 312 g/mol. The Morgan fingerprint density at radius 1 is 1.36 bits per heavy atom. The van der Waals surface area contributed by atoms with Gasteiger partial charge in [0.15, 0.2) is 4.67 Å². The summed E-state index contributed by atoms with van der Waals surface area (Å²) in [6.45, 7) is 4.28. The summed E-state index contributed by atoms with van der Waals surface area (Å²) in [5, 5.41) is 9.77. The predicted octanol–water partition coefficient (Wildman–Crippen LogP) is 4.27. The topological polar surface area (TPSA) is 33.4 Å². The van der Waals surface area contributed by atoms with Crippen molar-refractivity contribution in [1.82, 2.24) is 0 Å². The van der Waals surface area contributed by atoms with Crippen molar-refractivity contribution < 1.29 is 9.52 Å². The standard InChI is InChI=1S/C10H14Br2O2/c1-6(2)3-4-8(13)9-5-7(11)10(12)14-9/h5-6,8,13H,3-4H2,1-2H3. The van der Waals surface area contributed by atoms with Crippen molar-refractivity contribution in [2.24, 2.45) is 5.92 Å². The van der Waals surface area contributed by atoms with E-state index in [9.17, 15) is 5.11 Å². The van der Waals surface area contributed by atoms with Crippen LogP contribution in [0.4, 0.5) is 0 Å². The molecule has 0 radical (unpaired) electrons. The summed E-state index contributed by atoms with van der Waals surface area (Å²) in [6, 6.07) is 1.80. The fourth-order valence-corrected chi connectivity index (χ4v) is 1.77. The second kappa shape index (κ2) is 5.33. The molecule has 4 heteroatoms. The Kier molecular flexibility index (Phi) is 4.67. The van der Waals surface area contributed by atoms with Gasteiger partial charge in [-0.15, -0.1) is 0 Å². The summed E-state index contributed by atoms with van der Waals surface area (Å²) >= 11 is 6.55. The first-order valence-electron chi connectivity index (χ1n) is 4.63. The average Bonchev–Trinajstić information content (AvgIpc) is 2.43. The minimum Gasteiger partial charge on any atom is -0.450 e. The van der Waals surface area contributed by atoms with E-state index in [4.69, 9.17) is 4.42 Å². The maximum atomic E-state index is 9.77. The fraction of sp³-hybridized carbons (Fsp3) is 0.600. The summed E-state index contributed by atoms with van der Waals surface area (Å²) < 4.78 is 6.81. The van der Waals surface area contributed by atoms with Crippen molar-refractivity contribution in [2.75, 3.05) is 0 Å². The zero-order chi connectivity index (χ0) is 10.7. The van der Waals surface area contributed by atoms with E-state index in [0.29, 0.717) is 16.3 Å². The lowest BCUT2D eigenvalue weighted by atomic mass is 10.0. The molecule has 0 spiro atoms. The lowest BCUT2D eigenvalue weighted by Crippen LogP contribution is -1.98. The molecule has 1 aromatic rings. The van der Waals surface area contributed by atoms with E-state index in [1.54, 1.807) is 6.07 Å². The Hall–Kier alpha value is 0.200. The highest BCUT2D eigenvalue weighted by Crippen LogP contribution is 2.31. The van der Waals surface area contributed by atoms with Gasteiger partial charge in [-0.05, 0) is 56.7 Å². The van der Waals surface area contributed by atoms with E-state index < -0.39 is 6.10 Å². The largest absolute Gasteiger partial charge is 0.450 e. The fourth-order valence-electron chi connectivity index (χ4n) is 1.16. The van der Waals surface area contributed by atoms with Crippen LogP contribution in [0, 0.1) is 5.92 Å². The molecule has 0 saturated heterocycles. The first-order chi connectivity index (χ1) is 6.50. The van der Waals surface area contributed by atoms with Gasteiger partial charge in [0.05, 0.1) is 4.47 Å². The van der Waals surface area contributed by atoms with Gasteiger partial charge in [0.1, 0.15) is 11.9 Å². The molecular formula is C10H14Br2O2. The van der Waals surface area contributed by atoms with Gasteiger partial charge in [0.25, 0.3) is 0 Å². The van der Waals surface area contributed by atoms with Crippen molar-refractivity contribution in [1.29, 1.82) is 0 Å². The van der Waals surface area contributed by atoms with Crippen LogP contribution in [0.25, 0.3) is 0 Å². The van der Waals surface area contributed by atoms with Crippen LogP contribution in [0.1, 0.15) is 38.6 Å². The van der Waals surface area contributed by atoms with Crippen molar-refractivity contribution in [2.45, 2.75) is 32.8 Å². The van der Waals surface area contributed by atoms with Gasteiger partial charge in [-0.25, -0.2) is 0 Å². The maximum Gasteiger partial charge on any atom is 0.183 e. The van der Waals surface area contributed by atoms with E-state index in [-0.39, 0.29) is 0 Å². The van der Waals surface area contributed by atoms with Crippen LogP contribution in [-0.2, 0) is 0 Å². The van der Waals surface area contributed by atoms with Crippen LogP contribution >= 0.6 is 31.9 Å². The van der Waals surface area contributed by atoms with Gasteiger partial charge in [-0.1, -0.05) is 13.8 Å². The molecule has 1 heterocycles. The highest BCUT2D eigenvalue weighted by molar-refractivity contribution is 9.13. The summed E-state index contributed by atoms with van der Waals surface area (Å²) in [7, 11) is 0. The molecule has 0 aliphatic heterocycles. The summed E-state index contributed by atoms with van der Waals surface area (Å²) in [4.78, 5) is 0. The summed E-state index contributed by atoms with van der Waals surface area (Å²) in [5.74, 6) is 1.22. The molecule has 1 unspecified atom stereocenters. The molecule has 80 valence electrons. The van der Waals surface area contributed by atoms with Crippen LogP contribution in [0.3, 0.4) is 0 Å². The quantitative estimate of drug-likeness (QED) is 0.896. The smallest absolute Gasteiger partial charge is 0.183 e. The molecule has 0 aromatic carbocycles. The number of aliphatic hydroxyl groups is 1. The van der Waals surface area contributed by atoms with Crippen LogP contribution in [0.15, 0.2) is 19.6 Å². The molecule has 0 fully saturated rings. The molecule has 1 rings (SSSR count). The van der Waals surface area contributed by atoms with Crippen LogP contribution < -0.4 is 0 Å². The Bertz CT molecular complexity index is 275. The van der Waals surface area contributed by atoms with Crippen molar-refractivity contribution in [3.8, 4) is 0 Å². The number of furan rings is 1. The lowest BCUT2D eigenvalue weighted by molar-refractivity contribution is 0.132. The number of aliphatic hydroxyl groups excluding tert-OH is 1. The van der Waals surface area contributed by atoms with Gasteiger partial charge < -0.3 is 9.52 Å². The minimum absolute atomic E-state index is 0.500. The molecule has 0 amide bonds. The zero-order valence-electron chi connectivity index (χ0n) is 8.26. The lowest BCUT2D eigenvalue weighted by Gasteiger charge is -2.08. The van der Waals surface area contributed by atoms with E-state index in [0.717, 1.165) is 17.3 Å². The van der Waals surface area contributed by atoms with Gasteiger partial charge in [-0.2, -0.15) is 0 Å². The summed E-state index contributed by atoms with van der Waals surface area (Å²) in [6.07, 6.45) is 1.24. The highest BCUT2D eigenvalue weighted by atomic mass is 79.9. The third-order valence-corrected chi connectivity index (χ3v) is 3.72. The predicted molar refractivity (Wildman–Crippen MR) is 63.1 cm³/mol. The molecule has 1 atom stereocenters. The van der Waals surface area contributed by atoms with E-state index in [1.165, 1.54) is 0 Å². The number of halogens is 2. The Labute approximate surface area is 101 Å². The Morgan fingerprint density at radius 3 is 2.43 bits per heavy atom.